The molecule has 6 nitrogen and oxygen atoms in total. The largest absolute Gasteiger partial charge is 0.514 e. The average Bonchev–Trinajstić information content (AvgIpc) is 2.38. The Kier molecular flexibility index (Phi) is 6.88. The molecule has 0 bridgehead atoms. The van der Waals surface area contributed by atoms with Crippen LogP contribution in [0.1, 0.15) is 58.8 Å². The minimum Gasteiger partial charge on any atom is -0.493 e. The number of hydrogen-bond acceptors (Lipinski definition) is 6. The third-order valence-electron chi connectivity index (χ3n) is 2.55. The van der Waals surface area contributed by atoms with E-state index in [1.165, 1.54) is 0 Å². The lowest BCUT2D eigenvalue weighted by molar-refractivity contribution is 0.00569. The quantitative estimate of drug-likeness (QED) is 0.501. The van der Waals surface area contributed by atoms with Gasteiger partial charge in [-0.2, -0.15) is 0 Å². The van der Waals surface area contributed by atoms with Crippen LogP contribution in [-0.2, 0) is 9.47 Å². The maximum atomic E-state index is 12.6. The summed E-state index contributed by atoms with van der Waals surface area (Å²) in [5, 5.41) is 0. The predicted molar refractivity (Wildman–Crippen MR) is 97.3 cm³/mol. The van der Waals surface area contributed by atoms with Crippen LogP contribution in [0.5, 0.6) is 11.5 Å². The van der Waals surface area contributed by atoms with E-state index in [9.17, 15) is 9.59 Å². The zero-order chi connectivity index (χ0) is 19.4. The first-order valence-electron chi connectivity index (χ1n) is 7.93. The Morgan fingerprint density at radius 2 is 1.56 bits per heavy atom. The van der Waals surface area contributed by atoms with Gasteiger partial charge in [-0.05, 0) is 76.5 Å². The molecule has 0 aliphatic rings. The maximum absolute atomic E-state index is 12.6. The van der Waals surface area contributed by atoms with Crippen LogP contribution >= 0.6 is 15.9 Å². The lowest BCUT2D eigenvalue weighted by Crippen LogP contribution is -2.28. The van der Waals surface area contributed by atoms with Crippen molar-refractivity contribution in [2.24, 2.45) is 0 Å². The monoisotopic (exact) mass is 416 g/mol. The molecule has 0 fully saturated rings. The summed E-state index contributed by atoms with van der Waals surface area (Å²) in [4.78, 5) is 24.7. The van der Waals surface area contributed by atoms with Crippen LogP contribution in [-0.4, -0.2) is 29.9 Å². The molecule has 0 unspecified atom stereocenters. The number of ether oxygens (including phenoxy) is 4. The highest BCUT2D eigenvalue weighted by atomic mass is 79.9. The fourth-order valence-electron chi connectivity index (χ4n) is 1.79. The van der Waals surface area contributed by atoms with Crippen LogP contribution in [0.4, 0.5) is 4.79 Å². The first-order chi connectivity index (χ1) is 11.3. The summed E-state index contributed by atoms with van der Waals surface area (Å²) in [5.41, 5.74) is -1.42. The molecule has 0 heterocycles. The first-order valence-corrected chi connectivity index (χ1v) is 8.73. The van der Waals surface area contributed by atoms with Crippen LogP contribution in [0.15, 0.2) is 16.6 Å². The van der Waals surface area contributed by atoms with Gasteiger partial charge >= 0.3 is 12.1 Å². The second-order valence-electron chi connectivity index (χ2n) is 7.25. The summed E-state index contributed by atoms with van der Waals surface area (Å²) in [6.07, 6.45) is -0.924. The van der Waals surface area contributed by atoms with E-state index in [1.807, 2.05) is 0 Å². The fourth-order valence-corrected chi connectivity index (χ4v) is 2.20. The van der Waals surface area contributed by atoms with Crippen LogP contribution in [0, 0.1) is 0 Å². The maximum Gasteiger partial charge on any atom is 0.514 e. The van der Waals surface area contributed by atoms with Gasteiger partial charge in [-0.1, -0.05) is 0 Å². The molecule has 0 N–H and O–H groups in total. The highest BCUT2D eigenvalue weighted by Gasteiger charge is 2.29. The smallest absolute Gasteiger partial charge is 0.493 e. The van der Waals surface area contributed by atoms with Crippen LogP contribution in [0.2, 0.25) is 0 Å². The first kappa shape index (κ1) is 21.3. The van der Waals surface area contributed by atoms with E-state index in [0.717, 1.165) is 0 Å². The number of rotatable bonds is 4. The number of carbonyl (C=O) groups excluding carboxylic acids is 2. The normalized spacial score (nSPS) is 11.7. The molecule has 0 aliphatic carbocycles. The SMILES string of the molecule is CCOc1ccc(Br)c(OC(=O)OC(C)(C)C)c1C(=O)OC(C)(C)C. The molecule has 1 aromatic rings. The van der Waals surface area contributed by atoms with Crippen molar-refractivity contribution in [3.05, 3.63) is 22.2 Å². The molecule has 0 saturated carbocycles. The third kappa shape index (κ3) is 6.94. The molecule has 7 heteroatoms. The molecule has 1 rings (SSSR count). The Morgan fingerprint density at radius 1 is 1.00 bits per heavy atom. The van der Waals surface area contributed by atoms with Gasteiger partial charge in [-0.3, -0.25) is 0 Å². The van der Waals surface area contributed by atoms with E-state index >= 15 is 0 Å². The highest BCUT2D eigenvalue weighted by molar-refractivity contribution is 9.10. The summed E-state index contributed by atoms with van der Waals surface area (Å²) < 4.78 is 21.8. The second-order valence-corrected chi connectivity index (χ2v) is 8.11. The molecule has 0 atom stereocenters. The Hall–Kier alpha value is -1.76. The summed E-state index contributed by atoms with van der Waals surface area (Å²) in [5.74, 6) is -0.399. The molecule has 0 saturated heterocycles. The number of benzene rings is 1. The van der Waals surface area contributed by atoms with Gasteiger partial charge in [-0.15, -0.1) is 0 Å². The summed E-state index contributed by atoms with van der Waals surface area (Å²) in [6, 6.07) is 3.23. The van der Waals surface area contributed by atoms with Crippen molar-refractivity contribution < 1.29 is 28.5 Å². The Balaban J connectivity index is 3.32. The fraction of sp³-hybridized carbons (Fsp3) is 0.556. The molecule has 0 aliphatic heterocycles. The molecule has 25 heavy (non-hydrogen) atoms. The number of hydrogen-bond donors (Lipinski definition) is 0. The summed E-state index contributed by atoms with van der Waals surface area (Å²) in [7, 11) is 0. The van der Waals surface area contributed by atoms with E-state index in [2.05, 4.69) is 15.9 Å². The third-order valence-corrected chi connectivity index (χ3v) is 3.17. The zero-order valence-electron chi connectivity index (χ0n) is 15.7. The predicted octanol–water partition coefficient (Wildman–Crippen LogP) is 5.12. The van der Waals surface area contributed by atoms with Crippen LogP contribution in [0.3, 0.4) is 0 Å². The van der Waals surface area contributed by atoms with E-state index < -0.39 is 23.3 Å². The van der Waals surface area contributed by atoms with E-state index in [4.69, 9.17) is 18.9 Å². The van der Waals surface area contributed by atoms with Gasteiger partial charge in [0.1, 0.15) is 22.5 Å². The van der Waals surface area contributed by atoms with E-state index in [0.29, 0.717) is 11.1 Å². The topological polar surface area (TPSA) is 71.1 Å². The van der Waals surface area contributed by atoms with Crippen molar-refractivity contribution in [3.8, 4) is 11.5 Å². The molecular weight excluding hydrogens is 392 g/mol. The van der Waals surface area contributed by atoms with E-state index in [-0.39, 0.29) is 17.1 Å². The van der Waals surface area contributed by atoms with Crippen LogP contribution < -0.4 is 9.47 Å². The molecule has 0 amide bonds. The van der Waals surface area contributed by atoms with Crippen molar-refractivity contribution >= 4 is 28.1 Å². The Bertz CT molecular complexity index is 640. The molecule has 1 aromatic carbocycles. The van der Waals surface area contributed by atoms with Gasteiger partial charge in [0.2, 0.25) is 0 Å². The minimum absolute atomic E-state index is 0.00514. The average molecular weight is 417 g/mol. The van der Waals surface area contributed by atoms with Gasteiger partial charge in [-0.25, -0.2) is 9.59 Å². The molecule has 0 aromatic heterocycles. The van der Waals surface area contributed by atoms with Gasteiger partial charge in [0.05, 0.1) is 11.1 Å². The van der Waals surface area contributed by atoms with Gasteiger partial charge in [0.15, 0.2) is 5.75 Å². The highest BCUT2D eigenvalue weighted by Crippen LogP contribution is 2.37. The standard InChI is InChI=1S/C18H25BrO6/c1-8-22-12-10-9-11(19)14(23-16(21)25-18(5,6)7)13(12)15(20)24-17(2,3)4/h9-10H,8H2,1-7H3. The lowest BCUT2D eigenvalue weighted by Gasteiger charge is -2.23. The summed E-state index contributed by atoms with van der Waals surface area (Å²) >= 11 is 3.29. The van der Waals surface area contributed by atoms with Gasteiger partial charge in [0, 0.05) is 0 Å². The summed E-state index contributed by atoms with van der Waals surface area (Å²) in [6.45, 7) is 12.5. The molecule has 0 radical (unpaired) electrons. The zero-order valence-corrected chi connectivity index (χ0v) is 17.3. The molecular formula is C18H25BrO6. The van der Waals surface area contributed by atoms with Crippen molar-refractivity contribution in [2.45, 2.75) is 59.7 Å². The number of halogens is 1. The number of carbonyl (C=O) groups is 2. The lowest BCUT2D eigenvalue weighted by atomic mass is 10.1. The minimum atomic E-state index is -0.924. The Labute approximate surface area is 156 Å². The van der Waals surface area contributed by atoms with Crippen molar-refractivity contribution in [2.75, 3.05) is 6.61 Å². The van der Waals surface area contributed by atoms with E-state index in [1.54, 1.807) is 60.6 Å². The second kappa shape index (κ2) is 8.08. The van der Waals surface area contributed by atoms with Gasteiger partial charge in [0.25, 0.3) is 0 Å². The Morgan fingerprint density at radius 3 is 2.04 bits per heavy atom. The number of esters is 1. The van der Waals surface area contributed by atoms with Crippen molar-refractivity contribution in [1.82, 2.24) is 0 Å². The van der Waals surface area contributed by atoms with Crippen LogP contribution in [0.25, 0.3) is 0 Å². The molecule has 0 spiro atoms. The van der Waals surface area contributed by atoms with Crippen molar-refractivity contribution in [1.29, 1.82) is 0 Å². The molecule has 140 valence electrons. The van der Waals surface area contributed by atoms with Gasteiger partial charge < -0.3 is 18.9 Å². The van der Waals surface area contributed by atoms with Crippen molar-refractivity contribution in [3.63, 3.8) is 0 Å².